The molecule has 0 saturated carbocycles. The lowest BCUT2D eigenvalue weighted by molar-refractivity contribution is -0.134. The maximum absolute atomic E-state index is 12.8. The Kier molecular flexibility index (Phi) is 6.04. The van der Waals surface area contributed by atoms with E-state index in [1.165, 1.54) is 0 Å². The molecule has 6 heteroatoms. The highest BCUT2D eigenvalue weighted by Crippen LogP contribution is 2.18. The Morgan fingerprint density at radius 1 is 1.08 bits per heavy atom. The lowest BCUT2D eigenvalue weighted by Gasteiger charge is -2.32. The summed E-state index contributed by atoms with van der Waals surface area (Å²) in [6.07, 6.45) is 3.10. The molecule has 1 saturated heterocycles. The number of sulfonamides is 1. The van der Waals surface area contributed by atoms with Crippen molar-refractivity contribution in [2.24, 2.45) is 5.92 Å². The predicted molar refractivity (Wildman–Crippen MR) is 95.3 cm³/mol. The average molecular weight is 353 g/mol. The van der Waals surface area contributed by atoms with Gasteiger partial charge < -0.3 is 4.90 Å². The van der Waals surface area contributed by atoms with Gasteiger partial charge in [0.1, 0.15) is 6.04 Å². The van der Waals surface area contributed by atoms with E-state index in [4.69, 9.17) is 0 Å². The maximum atomic E-state index is 12.8. The summed E-state index contributed by atoms with van der Waals surface area (Å²) < 4.78 is 28.1. The largest absolute Gasteiger partial charge is 0.341 e. The molecule has 0 bridgehead atoms. The minimum absolute atomic E-state index is 0.110. The quantitative estimate of drug-likeness (QED) is 0.886. The van der Waals surface area contributed by atoms with Gasteiger partial charge in [0.05, 0.1) is 4.90 Å². The van der Waals surface area contributed by atoms with Crippen molar-refractivity contribution in [1.82, 2.24) is 9.62 Å². The molecule has 0 aromatic heterocycles. The van der Waals surface area contributed by atoms with Gasteiger partial charge in [0.2, 0.25) is 15.9 Å². The lowest BCUT2D eigenvalue weighted by atomic mass is 10.0. The molecule has 0 aliphatic carbocycles. The molecule has 1 aliphatic heterocycles. The molecule has 1 N–H and O–H groups in total. The van der Waals surface area contributed by atoms with Gasteiger partial charge in [-0.25, -0.2) is 8.42 Å². The third-order valence-electron chi connectivity index (χ3n) is 4.67. The van der Waals surface area contributed by atoms with Crippen molar-refractivity contribution in [1.29, 1.82) is 0 Å². The monoisotopic (exact) mass is 352 g/mol. The first-order valence-corrected chi connectivity index (χ1v) is 10.1. The second-order valence-corrected chi connectivity index (χ2v) is 8.69. The molecule has 1 aromatic carbocycles. The Bertz CT molecular complexity index is 692. The van der Waals surface area contributed by atoms with Crippen LogP contribution in [0.15, 0.2) is 23.1 Å². The molecule has 134 valence electrons. The van der Waals surface area contributed by atoms with E-state index in [9.17, 15) is 13.2 Å². The summed E-state index contributed by atoms with van der Waals surface area (Å²) in [5, 5.41) is 0. The summed E-state index contributed by atoms with van der Waals surface area (Å²) in [5.74, 6) is -0.224. The highest BCUT2D eigenvalue weighted by atomic mass is 32.2. The summed E-state index contributed by atoms with van der Waals surface area (Å²) in [4.78, 5) is 14.8. The summed E-state index contributed by atoms with van der Waals surface area (Å²) in [6.45, 7) is 8.99. The van der Waals surface area contributed by atoms with Crippen molar-refractivity contribution in [3.63, 3.8) is 0 Å². The molecular formula is C18H28N2O3S. The van der Waals surface area contributed by atoms with Gasteiger partial charge in [0, 0.05) is 13.1 Å². The van der Waals surface area contributed by atoms with Gasteiger partial charge in [0.15, 0.2) is 0 Å². The molecule has 24 heavy (non-hydrogen) atoms. The summed E-state index contributed by atoms with van der Waals surface area (Å²) >= 11 is 0. The number of piperidine rings is 1. The molecule has 1 amide bonds. The van der Waals surface area contributed by atoms with Gasteiger partial charge in [-0.15, -0.1) is 0 Å². The van der Waals surface area contributed by atoms with Crippen LogP contribution in [0, 0.1) is 19.8 Å². The van der Waals surface area contributed by atoms with Crippen molar-refractivity contribution in [3.05, 3.63) is 29.3 Å². The number of rotatable bonds is 5. The van der Waals surface area contributed by atoms with Gasteiger partial charge in [-0.05, 0) is 62.3 Å². The smallest absolute Gasteiger partial charge is 0.241 e. The zero-order chi connectivity index (χ0) is 17.9. The zero-order valence-corrected chi connectivity index (χ0v) is 15.8. The highest BCUT2D eigenvalue weighted by molar-refractivity contribution is 7.89. The maximum Gasteiger partial charge on any atom is 0.241 e. The Morgan fingerprint density at radius 2 is 1.71 bits per heavy atom. The van der Waals surface area contributed by atoms with E-state index in [0.717, 1.165) is 30.4 Å². The Labute approximate surface area is 145 Å². The van der Waals surface area contributed by atoms with Crippen LogP contribution in [0.5, 0.6) is 0 Å². The Morgan fingerprint density at radius 3 is 2.25 bits per heavy atom. The third-order valence-corrected chi connectivity index (χ3v) is 6.11. The number of nitrogens with zero attached hydrogens (tertiary/aromatic N) is 1. The molecule has 1 aromatic rings. The minimum Gasteiger partial charge on any atom is -0.341 e. The lowest BCUT2D eigenvalue weighted by Crippen LogP contribution is -2.52. The first-order chi connectivity index (χ1) is 11.2. The Hall–Kier alpha value is -1.40. The molecule has 0 spiro atoms. The van der Waals surface area contributed by atoms with Crippen molar-refractivity contribution >= 4 is 15.9 Å². The van der Waals surface area contributed by atoms with Crippen LogP contribution in [0.2, 0.25) is 0 Å². The van der Waals surface area contributed by atoms with Crippen LogP contribution in [0.4, 0.5) is 0 Å². The molecular weight excluding hydrogens is 324 g/mol. The molecule has 5 nitrogen and oxygen atoms in total. The van der Waals surface area contributed by atoms with E-state index in [1.54, 1.807) is 23.1 Å². The fraction of sp³-hybridized carbons (Fsp3) is 0.611. The van der Waals surface area contributed by atoms with Crippen molar-refractivity contribution in [3.8, 4) is 0 Å². The van der Waals surface area contributed by atoms with Crippen LogP contribution in [0.25, 0.3) is 0 Å². The molecule has 0 radical (unpaired) electrons. The van der Waals surface area contributed by atoms with Gasteiger partial charge >= 0.3 is 0 Å². The standard InChI is InChI=1S/C18H28N2O3S/c1-13(2)17(18(21)20-10-6-5-7-11-20)19-24(22,23)16-9-8-14(3)15(4)12-16/h8-9,12-13,17,19H,5-7,10-11H2,1-4H3/t17-/m0/s1. The molecule has 1 fully saturated rings. The van der Waals surface area contributed by atoms with Crippen LogP contribution in [0.1, 0.15) is 44.2 Å². The number of carbonyl (C=O) groups excluding carboxylic acids is 1. The van der Waals surface area contributed by atoms with E-state index < -0.39 is 16.1 Å². The molecule has 1 heterocycles. The van der Waals surface area contributed by atoms with Gasteiger partial charge in [-0.1, -0.05) is 19.9 Å². The van der Waals surface area contributed by atoms with E-state index in [0.29, 0.717) is 13.1 Å². The number of carbonyl (C=O) groups is 1. The number of benzene rings is 1. The zero-order valence-electron chi connectivity index (χ0n) is 15.0. The highest BCUT2D eigenvalue weighted by Gasteiger charge is 2.32. The first kappa shape index (κ1) is 18.9. The molecule has 1 atom stereocenters. The van der Waals surface area contributed by atoms with E-state index in [2.05, 4.69) is 4.72 Å². The van der Waals surface area contributed by atoms with Crippen molar-refractivity contribution in [2.45, 2.75) is 57.9 Å². The van der Waals surface area contributed by atoms with Crippen molar-refractivity contribution < 1.29 is 13.2 Å². The van der Waals surface area contributed by atoms with Gasteiger partial charge in [0.25, 0.3) is 0 Å². The van der Waals surface area contributed by atoms with Crippen LogP contribution >= 0.6 is 0 Å². The van der Waals surface area contributed by atoms with Crippen LogP contribution in [-0.4, -0.2) is 38.4 Å². The fourth-order valence-electron chi connectivity index (χ4n) is 2.90. The average Bonchev–Trinajstić information content (AvgIpc) is 2.55. The van der Waals surface area contributed by atoms with E-state index in [-0.39, 0.29) is 16.7 Å². The predicted octanol–water partition coefficient (Wildman–Crippen LogP) is 2.62. The summed E-state index contributed by atoms with van der Waals surface area (Å²) in [7, 11) is -3.72. The number of aryl methyl sites for hydroxylation is 2. The van der Waals surface area contributed by atoms with Gasteiger partial charge in [-0.2, -0.15) is 4.72 Å². The normalized spacial score (nSPS) is 17.1. The Balaban J connectivity index is 2.22. The molecule has 1 aliphatic rings. The van der Waals surface area contributed by atoms with Gasteiger partial charge in [-0.3, -0.25) is 4.79 Å². The number of hydrogen-bond donors (Lipinski definition) is 1. The van der Waals surface area contributed by atoms with Crippen LogP contribution < -0.4 is 4.72 Å². The second-order valence-electron chi connectivity index (χ2n) is 6.97. The van der Waals surface area contributed by atoms with Crippen LogP contribution in [-0.2, 0) is 14.8 Å². The topological polar surface area (TPSA) is 66.5 Å². The SMILES string of the molecule is Cc1ccc(S(=O)(=O)N[C@H](C(=O)N2CCCCC2)C(C)C)cc1C. The third kappa shape index (κ3) is 4.36. The molecule has 2 rings (SSSR count). The number of hydrogen-bond acceptors (Lipinski definition) is 3. The molecule has 0 unspecified atom stereocenters. The van der Waals surface area contributed by atoms with E-state index in [1.807, 2.05) is 27.7 Å². The first-order valence-electron chi connectivity index (χ1n) is 8.61. The number of likely N-dealkylation sites (tertiary alicyclic amines) is 1. The minimum atomic E-state index is -3.72. The fourth-order valence-corrected chi connectivity index (χ4v) is 4.32. The second kappa shape index (κ2) is 7.66. The van der Waals surface area contributed by atoms with Crippen LogP contribution in [0.3, 0.4) is 0 Å². The number of amides is 1. The summed E-state index contributed by atoms with van der Waals surface area (Å²) in [6, 6.07) is 4.31. The number of nitrogens with one attached hydrogen (secondary N) is 1. The summed E-state index contributed by atoms with van der Waals surface area (Å²) in [5.41, 5.74) is 1.96. The van der Waals surface area contributed by atoms with E-state index >= 15 is 0 Å². The van der Waals surface area contributed by atoms with Crippen molar-refractivity contribution in [2.75, 3.05) is 13.1 Å².